The van der Waals surface area contributed by atoms with E-state index in [4.69, 9.17) is 15.2 Å². The number of methoxy groups -OCH3 is 2. The molecule has 21 heavy (non-hydrogen) atoms. The molecule has 2 N–H and O–H groups in total. The van der Waals surface area contributed by atoms with E-state index in [1.807, 2.05) is 37.3 Å². The van der Waals surface area contributed by atoms with Crippen molar-refractivity contribution in [3.8, 4) is 11.5 Å². The number of rotatable bonds is 6. The third-order valence-electron chi connectivity index (χ3n) is 3.23. The fraction of sp³-hybridized carbons (Fsp3) is 0.294. The third-order valence-corrected chi connectivity index (χ3v) is 4.71. The van der Waals surface area contributed by atoms with E-state index in [2.05, 4.69) is 18.2 Å². The predicted molar refractivity (Wildman–Crippen MR) is 88.2 cm³/mol. The zero-order valence-corrected chi connectivity index (χ0v) is 13.4. The summed E-state index contributed by atoms with van der Waals surface area (Å²) in [7, 11) is 3.35. The van der Waals surface area contributed by atoms with Gasteiger partial charge in [-0.05, 0) is 42.8 Å². The van der Waals surface area contributed by atoms with Crippen LogP contribution in [0.1, 0.15) is 17.7 Å². The minimum absolute atomic E-state index is 0.0367. The second-order valence-corrected chi connectivity index (χ2v) is 6.06. The Morgan fingerprint density at radius 2 is 1.62 bits per heavy atom. The minimum Gasteiger partial charge on any atom is -0.497 e. The Hall–Kier alpha value is -1.65. The van der Waals surface area contributed by atoms with Crippen LogP contribution in [-0.4, -0.2) is 20.3 Å². The quantitative estimate of drug-likeness (QED) is 0.822. The van der Waals surface area contributed by atoms with E-state index in [0.717, 1.165) is 16.4 Å². The van der Waals surface area contributed by atoms with E-state index in [0.29, 0.717) is 0 Å². The predicted octanol–water partition coefficient (Wildman–Crippen LogP) is 3.88. The first kappa shape index (κ1) is 15.7. The zero-order chi connectivity index (χ0) is 15.2. The number of ether oxygens (including phenoxy) is 2. The Bertz CT molecular complexity index is 569. The summed E-state index contributed by atoms with van der Waals surface area (Å²) in [5, 5.41) is 0.183. The van der Waals surface area contributed by atoms with Crippen LogP contribution in [0, 0.1) is 0 Å². The van der Waals surface area contributed by atoms with Crippen LogP contribution in [0.4, 0.5) is 0 Å². The summed E-state index contributed by atoms with van der Waals surface area (Å²) in [6.45, 7) is 2.03. The van der Waals surface area contributed by atoms with Gasteiger partial charge in [-0.25, -0.2) is 0 Å². The van der Waals surface area contributed by atoms with Gasteiger partial charge < -0.3 is 15.2 Å². The van der Waals surface area contributed by atoms with Crippen molar-refractivity contribution in [2.45, 2.75) is 23.1 Å². The Kier molecular flexibility index (Phi) is 5.53. The Morgan fingerprint density at radius 1 is 0.952 bits per heavy atom. The molecule has 0 heterocycles. The van der Waals surface area contributed by atoms with Crippen LogP contribution in [0.2, 0.25) is 0 Å². The average Bonchev–Trinajstić information content (AvgIpc) is 2.52. The molecule has 0 aliphatic rings. The van der Waals surface area contributed by atoms with Crippen LogP contribution in [-0.2, 0) is 0 Å². The van der Waals surface area contributed by atoms with Crippen LogP contribution in [0.5, 0.6) is 11.5 Å². The van der Waals surface area contributed by atoms with Crippen molar-refractivity contribution in [3.05, 3.63) is 54.1 Å². The normalized spacial score (nSPS) is 13.5. The first-order valence-electron chi connectivity index (χ1n) is 6.84. The molecule has 0 bridgehead atoms. The maximum atomic E-state index is 6.17. The van der Waals surface area contributed by atoms with Crippen LogP contribution >= 0.6 is 11.8 Å². The average molecular weight is 303 g/mol. The second kappa shape index (κ2) is 7.38. The molecule has 0 saturated heterocycles. The number of hydrogen-bond acceptors (Lipinski definition) is 4. The molecule has 2 aromatic carbocycles. The highest BCUT2D eigenvalue weighted by atomic mass is 32.2. The summed E-state index contributed by atoms with van der Waals surface area (Å²) < 4.78 is 10.5. The van der Waals surface area contributed by atoms with Gasteiger partial charge >= 0.3 is 0 Å². The van der Waals surface area contributed by atoms with E-state index in [9.17, 15) is 0 Å². The molecule has 112 valence electrons. The van der Waals surface area contributed by atoms with Crippen molar-refractivity contribution < 1.29 is 9.47 Å². The lowest BCUT2D eigenvalue weighted by Crippen LogP contribution is -2.22. The van der Waals surface area contributed by atoms with Gasteiger partial charge in [0, 0.05) is 16.2 Å². The molecular weight excluding hydrogens is 282 g/mol. The summed E-state index contributed by atoms with van der Waals surface area (Å²) in [4.78, 5) is 1.15. The molecule has 3 nitrogen and oxygen atoms in total. The van der Waals surface area contributed by atoms with Gasteiger partial charge in [-0.3, -0.25) is 0 Å². The zero-order valence-electron chi connectivity index (χ0n) is 12.6. The molecule has 0 aliphatic carbocycles. The maximum absolute atomic E-state index is 6.17. The van der Waals surface area contributed by atoms with Crippen LogP contribution < -0.4 is 15.2 Å². The van der Waals surface area contributed by atoms with Crippen molar-refractivity contribution in [1.82, 2.24) is 0 Å². The van der Waals surface area contributed by atoms with Gasteiger partial charge in [0.15, 0.2) is 0 Å². The van der Waals surface area contributed by atoms with Crippen LogP contribution in [0.15, 0.2) is 53.4 Å². The molecule has 2 rings (SSSR count). The van der Waals surface area contributed by atoms with E-state index in [-0.39, 0.29) is 11.3 Å². The Balaban J connectivity index is 2.21. The maximum Gasteiger partial charge on any atom is 0.119 e. The summed E-state index contributed by atoms with van der Waals surface area (Å²) in [5.74, 6) is 1.71. The van der Waals surface area contributed by atoms with Crippen molar-refractivity contribution in [3.63, 3.8) is 0 Å². The molecule has 2 unspecified atom stereocenters. The summed E-state index contributed by atoms with van der Waals surface area (Å²) in [5.41, 5.74) is 7.37. The second-order valence-electron chi connectivity index (χ2n) is 4.85. The van der Waals surface area contributed by atoms with Gasteiger partial charge in [-0.2, -0.15) is 0 Å². The molecule has 4 heteroatoms. The summed E-state index contributed by atoms with van der Waals surface area (Å²) in [6, 6.07) is 16.2. The van der Waals surface area contributed by atoms with E-state index in [1.165, 1.54) is 5.56 Å². The summed E-state index contributed by atoms with van der Waals surface area (Å²) in [6.07, 6.45) is 0. The fourth-order valence-corrected chi connectivity index (χ4v) is 3.24. The minimum atomic E-state index is 0.0367. The molecule has 0 radical (unpaired) electrons. The highest BCUT2D eigenvalue weighted by Gasteiger charge is 2.18. The van der Waals surface area contributed by atoms with Crippen molar-refractivity contribution in [2.24, 2.45) is 5.73 Å². The molecule has 0 saturated carbocycles. The SMILES string of the molecule is COc1ccc(C(Sc2cccc(OC)c2)C(C)N)cc1. The smallest absolute Gasteiger partial charge is 0.119 e. The number of benzene rings is 2. The largest absolute Gasteiger partial charge is 0.497 e. The Labute approximate surface area is 130 Å². The van der Waals surface area contributed by atoms with Crippen molar-refractivity contribution in [2.75, 3.05) is 14.2 Å². The molecule has 0 amide bonds. The topological polar surface area (TPSA) is 44.5 Å². The number of hydrogen-bond donors (Lipinski definition) is 1. The molecule has 0 aromatic heterocycles. The summed E-state index contributed by atoms with van der Waals surface area (Å²) >= 11 is 1.75. The molecule has 2 aromatic rings. The monoisotopic (exact) mass is 303 g/mol. The lowest BCUT2D eigenvalue weighted by molar-refractivity contribution is 0.413. The van der Waals surface area contributed by atoms with Gasteiger partial charge in [0.2, 0.25) is 0 Å². The fourth-order valence-electron chi connectivity index (χ4n) is 2.09. The molecule has 0 aliphatic heterocycles. The third kappa shape index (κ3) is 4.16. The molecular formula is C17H21NO2S. The van der Waals surface area contributed by atoms with Gasteiger partial charge in [-0.1, -0.05) is 18.2 Å². The van der Waals surface area contributed by atoms with E-state index >= 15 is 0 Å². The molecule has 0 fully saturated rings. The standard InChI is InChI=1S/C17H21NO2S/c1-12(18)17(13-7-9-14(19-2)10-8-13)21-16-6-4-5-15(11-16)20-3/h4-12,17H,18H2,1-3H3. The highest BCUT2D eigenvalue weighted by molar-refractivity contribution is 7.99. The van der Waals surface area contributed by atoms with Gasteiger partial charge in [0.25, 0.3) is 0 Å². The van der Waals surface area contributed by atoms with Crippen molar-refractivity contribution >= 4 is 11.8 Å². The van der Waals surface area contributed by atoms with Crippen LogP contribution in [0.3, 0.4) is 0 Å². The van der Waals surface area contributed by atoms with Gasteiger partial charge in [-0.15, -0.1) is 11.8 Å². The lowest BCUT2D eigenvalue weighted by atomic mass is 10.1. The number of nitrogens with two attached hydrogens (primary N) is 1. The first-order chi connectivity index (χ1) is 10.1. The highest BCUT2D eigenvalue weighted by Crippen LogP contribution is 2.38. The van der Waals surface area contributed by atoms with Gasteiger partial charge in [0.1, 0.15) is 11.5 Å². The number of thioether (sulfide) groups is 1. The molecule has 0 spiro atoms. The van der Waals surface area contributed by atoms with E-state index < -0.39 is 0 Å². The van der Waals surface area contributed by atoms with Crippen LogP contribution in [0.25, 0.3) is 0 Å². The Morgan fingerprint density at radius 3 is 2.19 bits per heavy atom. The van der Waals surface area contributed by atoms with Gasteiger partial charge in [0.05, 0.1) is 14.2 Å². The van der Waals surface area contributed by atoms with E-state index in [1.54, 1.807) is 26.0 Å². The first-order valence-corrected chi connectivity index (χ1v) is 7.72. The molecule has 2 atom stereocenters. The lowest BCUT2D eigenvalue weighted by Gasteiger charge is -2.21. The van der Waals surface area contributed by atoms with Crippen molar-refractivity contribution in [1.29, 1.82) is 0 Å².